The molecular weight excluding hydrogens is 244 g/mol. The topological polar surface area (TPSA) is 63.6 Å². The molecule has 4 rings (SSSR count). The van der Waals surface area contributed by atoms with E-state index in [1.165, 1.54) is 0 Å². The second-order valence-electron chi connectivity index (χ2n) is 6.43. The zero-order chi connectivity index (χ0) is 13.5. The van der Waals surface area contributed by atoms with Gasteiger partial charge >= 0.3 is 5.97 Å². The molecule has 1 heterocycles. The molecule has 100 valence electrons. The van der Waals surface area contributed by atoms with Crippen molar-refractivity contribution in [3.63, 3.8) is 0 Å². The summed E-state index contributed by atoms with van der Waals surface area (Å²) < 4.78 is 5.37. The highest BCUT2D eigenvalue weighted by molar-refractivity contribution is 5.93. The van der Waals surface area contributed by atoms with Gasteiger partial charge in [-0.05, 0) is 48.2 Å². The highest BCUT2D eigenvalue weighted by Gasteiger charge is 2.65. The normalized spacial score (nSPS) is 46.8. The Morgan fingerprint density at radius 1 is 1.47 bits per heavy atom. The molecule has 5 atom stereocenters. The number of hydrogen-bond donors (Lipinski definition) is 1. The number of fused-ring (bicyclic) bond motifs is 4. The Bertz CT molecular complexity index is 585. The molecule has 0 saturated heterocycles. The van der Waals surface area contributed by atoms with Crippen molar-refractivity contribution in [3.05, 3.63) is 22.3 Å². The van der Waals surface area contributed by atoms with Crippen molar-refractivity contribution >= 4 is 12.3 Å². The fourth-order valence-electron chi connectivity index (χ4n) is 4.57. The van der Waals surface area contributed by atoms with Gasteiger partial charge in [0.2, 0.25) is 0 Å². The van der Waals surface area contributed by atoms with E-state index in [0.29, 0.717) is 29.4 Å². The number of aliphatic hydroxyl groups excluding tert-OH is 1. The van der Waals surface area contributed by atoms with Crippen LogP contribution >= 0.6 is 0 Å². The molecule has 0 aromatic carbocycles. The van der Waals surface area contributed by atoms with Crippen molar-refractivity contribution in [1.29, 1.82) is 0 Å². The van der Waals surface area contributed by atoms with Crippen molar-refractivity contribution in [3.8, 4) is 0 Å². The second-order valence-corrected chi connectivity index (χ2v) is 6.43. The number of rotatable bonds is 1. The van der Waals surface area contributed by atoms with E-state index in [1.807, 2.05) is 0 Å². The largest absolute Gasteiger partial charge is 0.454 e. The Labute approximate surface area is 111 Å². The first-order chi connectivity index (χ1) is 8.99. The molecule has 2 saturated carbocycles. The van der Waals surface area contributed by atoms with E-state index in [4.69, 9.17) is 4.74 Å². The average Bonchev–Trinajstić information content (AvgIpc) is 3.04. The lowest BCUT2D eigenvalue weighted by molar-refractivity contribution is -0.141. The first-order valence-corrected chi connectivity index (χ1v) is 6.78. The van der Waals surface area contributed by atoms with E-state index in [2.05, 4.69) is 6.92 Å². The summed E-state index contributed by atoms with van der Waals surface area (Å²) in [6.45, 7) is 3.80. The van der Waals surface area contributed by atoms with Gasteiger partial charge in [0, 0.05) is 11.1 Å². The lowest BCUT2D eigenvalue weighted by Crippen LogP contribution is -2.41. The first kappa shape index (κ1) is 11.4. The maximum absolute atomic E-state index is 11.7. The van der Waals surface area contributed by atoms with Crippen LogP contribution in [0.1, 0.15) is 26.7 Å². The Kier molecular flexibility index (Phi) is 1.91. The van der Waals surface area contributed by atoms with Gasteiger partial charge in [0.05, 0.1) is 0 Å². The Morgan fingerprint density at radius 2 is 2.21 bits per heavy atom. The van der Waals surface area contributed by atoms with Gasteiger partial charge in [0.15, 0.2) is 0 Å². The lowest BCUT2D eigenvalue weighted by Gasteiger charge is -2.41. The second kappa shape index (κ2) is 3.18. The van der Waals surface area contributed by atoms with Crippen LogP contribution in [0.3, 0.4) is 0 Å². The van der Waals surface area contributed by atoms with Gasteiger partial charge in [-0.2, -0.15) is 0 Å². The molecule has 3 aliphatic carbocycles. The zero-order valence-electron chi connectivity index (χ0n) is 11.0. The minimum Gasteiger partial charge on any atom is -0.454 e. The summed E-state index contributed by atoms with van der Waals surface area (Å²) in [6.07, 6.45) is 1.52. The Balaban J connectivity index is 1.90. The molecule has 1 unspecified atom stereocenters. The highest BCUT2D eigenvalue weighted by atomic mass is 16.5. The number of esters is 1. The zero-order valence-corrected chi connectivity index (χ0v) is 11.0. The van der Waals surface area contributed by atoms with Crippen molar-refractivity contribution in [2.45, 2.75) is 38.9 Å². The SMILES string of the molecule is CC1=C2C(O)C3=C(C=O)[C@H]4C[C@H]4[C@]3(C)C[C@@H]2OC1=O. The molecule has 0 radical (unpaired) electrons. The molecule has 1 aliphatic heterocycles. The molecule has 4 nitrogen and oxygen atoms in total. The average molecular weight is 260 g/mol. The molecule has 4 heteroatoms. The number of ether oxygens (including phenoxy) is 1. The van der Waals surface area contributed by atoms with E-state index in [1.54, 1.807) is 6.92 Å². The third-order valence-corrected chi connectivity index (χ3v) is 5.57. The third-order valence-electron chi connectivity index (χ3n) is 5.57. The summed E-state index contributed by atoms with van der Waals surface area (Å²) >= 11 is 0. The standard InChI is InChI=1S/C15H16O4/c1-6-11-10(19-14(6)18)4-15(2)9-3-7(9)8(5-16)12(15)13(11)17/h5,7,9-10,13,17H,3-4H2,1-2H3/t7-,9-,10+,13?,15+/m1/s1. The maximum atomic E-state index is 11.7. The van der Waals surface area contributed by atoms with Crippen LogP contribution < -0.4 is 0 Å². The smallest absolute Gasteiger partial charge is 0.334 e. The monoisotopic (exact) mass is 260 g/mol. The molecule has 0 bridgehead atoms. The molecular formula is C15H16O4. The van der Waals surface area contributed by atoms with Gasteiger partial charge in [-0.3, -0.25) is 4.79 Å². The van der Waals surface area contributed by atoms with E-state index in [9.17, 15) is 14.7 Å². The van der Waals surface area contributed by atoms with Gasteiger partial charge in [-0.15, -0.1) is 0 Å². The van der Waals surface area contributed by atoms with Gasteiger partial charge in [-0.1, -0.05) is 6.92 Å². The van der Waals surface area contributed by atoms with Crippen molar-refractivity contribution in [1.82, 2.24) is 0 Å². The lowest BCUT2D eigenvalue weighted by atomic mass is 9.65. The molecule has 0 spiro atoms. The van der Waals surface area contributed by atoms with E-state index >= 15 is 0 Å². The van der Waals surface area contributed by atoms with Crippen LogP contribution in [0, 0.1) is 17.3 Å². The highest BCUT2D eigenvalue weighted by Crippen LogP contribution is 2.69. The van der Waals surface area contributed by atoms with Crippen molar-refractivity contribution in [2.24, 2.45) is 17.3 Å². The number of allylic oxidation sites excluding steroid dienone is 1. The summed E-state index contributed by atoms with van der Waals surface area (Å²) in [5, 5.41) is 10.6. The van der Waals surface area contributed by atoms with Crippen molar-refractivity contribution in [2.75, 3.05) is 0 Å². The maximum Gasteiger partial charge on any atom is 0.334 e. The quantitative estimate of drug-likeness (QED) is 0.567. The third kappa shape index (κ3) is 1.14. The molecule has 0 aromatic rings. The van der Waals surface area contributed by atoms with Crippen molar-refractivity contribution < 1.29 is 19.4 Å². The summed E-state index contributed by atoms with van der Waals surface area (Å²) in [4.78, 5) is 23.0. The van der Waals surface area contributed by atoms with Crippen LogP contribution in [-0.2, 0) is 14.3 Å². The first-order valence-electron chi connectivity index (χ1n) is 6.78. The summed E-state index contributed by atoms with van der Waals surface area (Å²) in [7, 11) is 0. The summed E-state index contributed by atoms with van der Waals surface area (Å²) in [6, 6.07) is 0. The van der Waals surface area contributed by atoms with Crippen LogP contribution in [0.2, 0.25) is 0 Å². The molecule has 0 amide bonds. The predicted octanol–water partition coefficient (Wildman–Crippen LogP) is 1.14. The fourth-order valence-corrected chi connectivity index (χ4v) is 4.57. The predicted molar refractivity (Wildman–Crippen MR) is 66.0 cm³/mol. The number of aldehydes is 1. The Morgan fingerprint density at radius 3 is 2.89 bits per heavy atom. The number of hydrogen-bond acceptors (Lipinski definition) is 4. The number of carbonyl (C=O) groups excluding carboxylic acids is 2. The summed E-state index contributed by atoms with van der Waals surface area (Å²) in [5.41, 5.74) is 2.64. The van der Waals surface area contributed by atoms with Gasteiger partial charge in [0.25, 0.3) is 0 Å². The number of carbonyl (C=O) groups is 2. The fraction of sp³-hybridized carbons (Fsp3) is 0.600. The van der Waals surface area contributed by atoms with E-state index < -0.39 is 6.10 Å². The van der Waals surface area contributed by atoms with Gasteiger partial charge in [-0.25, -0.2) is 4.79 Å². The van der Waals surface area contributed by atoms with E-state index in [0.717, 1.165) is 23.9 Å². The van der Waals surface area contributed by atoms with Gasteiger partial charge in [0.1, 0.15) is 18.5 Å². The van der Waals surface area contributed by atoms with Crippen LogP contribution in [0.25, 0.3) is 0 Å². The van der Waals surface area contributed by atoms with Crippen LogP contribution in [0.5, 0.6) is 0 Å². The van der Waals surface area contributed by atoms with Gasteiger partial charge < -0.3 is 9.84 Å². The molecule has 4 aliphatic rings. The van der Waals surface area contributed by atoms with Crippen LogP contribution in [0.15, 0.2) is 22.3 Å². The van der Waals surface area contributed by atoms with Crippen LogP contribution in [-0.4, -0.2) is 29.6 Å². The number of aliphatic hydroxyl groups is 1. The minimum absolute atomic E-state index is 0.181. The molecule has 0 aromatic heterocycles. The molecule has 19 heavy (non-hydrogen) atoms. The molecule has 2 fully saturated rings. The summed E-state index contributed by atoms with van der Waals surface area (Å²) in [5.74, 6) is 0.435. The Hall–Kier alpha value is -1.42. The van der Waals surface area contributed by atoms with Crippen LogP contribution in [0.4, 0.5) is 0 Å². The molecule has 1 N–H and O–H groups in total. The minimum atomic E-state index is -0.816. The van der Waals surface area contributed by atoms with E-state index in [-0.39, 0.29) is 17.5 Å².